The summed E-state index contributed by atoms with van der Waals surface area (Å²) in [7, 11) is 0. The fourth-order valence-corrected chi connectivity index (χ4v) is 4.10. The van der Waals surface area contributed by atoms with Crippen molar-refractivity contribution >= 4 is 0 Å². The lowest BCUT2D eigenvalue weighted by Gasteiger charge is -2.19. The molecule has 0 aromatic heterocycles. The Bertz CT molecular complexity index is 1140. The molecule has 0 bridgehead atoms. The van der Waals surface area contributed by atoms with E-state index >= 15 is 0 Å². The molecule has 1 fully saturated rings. The van der Waals surface area contributed by atoms with E-state index in [1.165, 1.54) is 6.07 Å². The second kappa shape index (κ2) is 9.70. The summed E-state index contributed by atoms with van der Waals surface area (Å²) in [5.41, 5.74) is 0.848. The van der Waals surface area contributed by atoms with Crippen molar-refractivity contribution in [2.75, 3.05) is 0 Å². The Morgan fingerprint density at radius 2 is 1.50 bits per heavy atom. The van der Waals surface area contributed by atoms with Crippen molar-refractivity contribution in [1.82, 2.24) is 0 Å². The van der Waals surface area contributed by atoms with Crippen molar-refractivity contribution in [2.24, 2.45) is 0 Å². The highest BCUT2D eigenvalue weighted by Gasteiger charge is 2.38. The van der Waals surface area contributed by atoms with E-state index in [4.69, 9.17) is 4.74 Å². The van der Waals surface area contributed by atoms with Gasteiger partial charge >= 0.3 is 6.11 Å². The highest BCUT2D eigenvalue weighted by atomic mass is 19.3. The molecule has 0 N–H and O–H groups in total. The molecule has 180 valence electrons. The van der Waals surface area contributed by atoms with E-state index in [1.807, 2.05) is 12.1 Å². The number of ether oxygens (including phenoxy) is 2. The first-order chi connectivity index (χ1) is 16.2. The Balaban J connectivity index is 1.50. The SMILES string of the molecule is CCCC1CCC(c2ccc(-c3ccc(C(F)(F)Oc4cc(F)c(F)c(F)c4)c(F)c3)cc2)O1. The monoisotopic (exact) mass is 480 g/mol. The lowest BCUT2D eigenvalue weighted by molar-refractivity contribution is -0.187. The zero-order chi connectivity index (χ0) is 24.5. The third-order valence-corrected chi connectivity index (χ3v) is 5.82. The number of alkyl halides is 2. The zero-order valence-corrected chi connectivity index (χ0v) is 18.3. The molecule has 2 nitrogen and oxygen atoms in total. The third-order valence-electron chi connectivity index (χ3n) is 5.82. The molecular weight excluding hydrogens is 458 g/mol. The lowest BCUT2D eigenvalue weighted by Crippen LogP contribution is -2.23. The van der Waals surface area contributed by atoms with E-state index in [2.05, 4.69) is 11.7 Å². The van der Waals surface area contributed by atoms with Crippen LogP contribution in [0.15, 0.2) is 54.6 Å². The van der Waals surface area contributed by atoms with E-state index in [1.54, 1.807) is 12.1 Å². The number of halogens is 6. The van der Waals surface area contributed by atoms with Crippen LogP contribution in [0.2, 0.25) is 0 Å². The first kappa shape index (κ1) is 24.1. The van der Waals surface area contributed by atoms with Gasteiger partial charge in [0.15, 0.2) is 17.5 Å². The lowest BCUT2D eigenvalue weighted by atomic mass is 9.99. The smallest absolute Gasteiger partial charge is 0.429 e. The summed E-state index contributed by atoms with van der Waals surface area (Å²) < 4.78 is 93.6. The standard InChI is InChI=1S/C26H22F6O2/c1-2-3-18-9-11-24(33-18)16-6-4-15(5-7-16)17-8-10-20(21(27)12-17)26(31,32)34-19-13-22(28)25(30)23(29)14-19/h4-8,10,12-14,18,24H,2-3,9,11H2,1H3. The molecule has 34 heavy (non-hydrogen) atoms. The molecule has 1 aliphatic rings. The van der Waals surface area contributed by atoms with E-state index in [0.717, 1.165) is 43.4 Å². The second-order valence-corrected chi connectivity index (χ2v) is 8.25. The maximum absolute atomic E-state index is 14.6. The van der Waals surface area contributed by atoms with E-state index in [-0.39, 0.29) is 24.3 Å². The van der Waals surface area contributed by atoms with Crippen molar-refractivity contribution in [3.8, 4) is 16.9 Å². The van der Waals surface area contributed by atoms with Gasteiger partial charge in [-0.1, -0.05) is 43.7 Å². The molecule has 3 aromatic rings. The van der Waals surface area contributed by atoms with Gasteiger partial charge in [-0.15, -0.1) is 0 Å². The van der Waals surface area contributed by atoms with Crippen molar-refractivity contribution in [3.63, 3.8) is 0 Å². The summed E-state index contributed by atoms with van der Waals surface area (Å²) in [5.74, 6) is -7.47. The maximum atomic E-state index is 14.6. The molecule has 1 heterocycles. The molecule has 0 saturated carbocycles. The molecule has 4 rings (SSSR count). The minimum absolute atomic E-state index is 0.00156. The van der Waals surface area contributed by atoms with Crippen molar-refractivity contribution < 1.29 is 35.8 Å². The van der Waals surface area contributed by atoms with Gasteiger partial charge < -0.3 is 9.47 Å². The van der Waals surface area contributed by atoms with E-state index in [9.17, 15) is 26.3 Å². The average molecular weight is 480 g/mol. The number of benzene rings is 3. The molecule has 0 radical (unpaired) electrons. The van der Waals surface area contributed by atoms with E-state index in [0.29, 0.717) is 11.1 Å². The molecule has 3 aromatic carbocycles. The van der Waals surface area contributed by atoms with Crippen LogP contribution in [0.25, 0.3) is 11.1 Å². The molecule has 0 amide bonds. The van der Waals surface area contributed by atoms with Gasteiger partial charge in [0.1, 0.15) is 11.6 Å². The number of hydrogen-bond acceptors (Lipinski definition) is 2. The Morgan fingerprint density at radius 3 is 2.12 bits per heavy atom. The fourth-order valence-electron chi connectivity index (χ4n) is 4.10. The topological polar surface area (TPSA) is 18.5 Å². The molecule has 0 spiro atoms. The molecule has 0 aliphatic carbocycles. The van der Waals surface area contributed by atoms with Gasteiger partial charge in [0.25, 0.3) is 0 Å². The largest absolute Gasteiger partial charge is 0.429 e. The summed E-state index contributed by atoms with van der Waals surface area (Å²) in [5, 5.41) is 0. The van der Waals surface area contributed by atoms with Crippen molar-refractivity contribution in [3.05, 3.63) is 89.0 Å². The van der Waals surface area contributed by atoms with Gasteiger partial charge in [-0.2, -0.15) is 8.78 Å². The Kier molecular flexibility index (Phi) is 6.89. The van der Waals surface area contributed by atoms with Gasteiger partial charge in [0, 0.05) is 12.1 Å². The van der Waals surface area contributed by atoms with Crippen LogP contribution < -0.4 is 4.74 Å². The molecule has 2 unspecified atom stereocenters. The summed E-state index contributed by atoms with van der Waals surface area (Å²) in [4.78, 5) is 0. The maximum Gasteiger partial charge on any atom is 0.429 e. The summed E-state index contributed by atoms with van der Waals surface area (Å²) >= 11 is 0. The third kappa shape index (κ3) is 5.06. The van der Waals surface area contributed by atoms with Crippen molar-refractivity contribution in [2.45, 2.75) is 50.9 Å². The fraction of sp³-hybridized carbons (Fsp3) is 0.308. The minimum Gasteiger partial charge on any atom is -0.429 e. The number of hydrogen-bond donors (Lipinski definition) is 0. The predicted molar refractivity (Wildman–Crippen MR) is 114 cm³/mol. The zero-order valence-electron chi connectivity index (χ0n) is 18.3. The summed E-state index contributed by atoms with van der Waals surface area (Å²) in [6, 6.07) is 10.8. The molecular formula is C26H22F6O2. The minimum atomic E-state index is -4.25. The second-order valence-electron chi connectivity index (χ2n) is 8.25. The quantitative estimate of drug-likeness (QED) is 0.252. The first-order valence-corrected chi connectivity index (χ1v) is 10.9. The Morgan fingerprint density at radius 1 is 0.853 bits per heavy atom. The van der Waals surface area contributed by atoms with Gasteiger partial charge in [-0.05, 0) is 48.1 Å². The average Bonchev–Trinajstić information content (AvgIpc) is 3.26. The Labute approximate surface area is 193 Å². The van der Waals surface area contributed by atoms with Gasteiger partial charge in [-0.3, -0.25) is 0 Å². The summed E-state index contributed by atoms with van der Waals surface area (Å²) in [6.07, 6.45) is -0.00751. The molecule has 1 aliphatic heterocycles. The molecule has 1 saturated heterocycles. The van der Waals surface area contributed by atoms with Crippen LogP contribution in [0.5, 0.6) is 5.75 Å². The van der Waals surface area contributed by atoms with Crippen LogP contribution in [0.3, 0.4) is 0 Å². The molecule has 2 atom stereocenters. The van der Waals surface area contributed by atoms with Crippen molar-refractivity contribution in [1.29, 1.82) is 0 Å². The highest BCUT2D eigenvalue weighted by molar-refractivity contribution is 5.64. The van der Waals surface area contributed by atoms with Crippen LogP contribution in [-0.2, 0) is 10.8 Å². The van der Waals surface area contributed by atoms with Crippen LogP contribution in [0, 0.1) is 23.3 Å². The molecule has 8 heteroatoms. The van der Waals surface area contributed by atoms with Crippen LogP contribution in [0.4, 0.5) is 26.3 Å². The van der Waals surface area contributed by atoms with Gasteiger partial charge in [0.05, 0.1) is 17.8 Å². The van der Waals surface area contributed by atoms with Crippen LogP contribution >= 0.6 is 0 Å². The van der Waals surface area contributed by atoms with Gasteiger partial charge in [0.2, 0.25) is 0 Å². The summed E-state index contributed by atoms with van der Waals surface area (Å²) in [6.45, 7) is 2.11. The first-order valence-electron chi connectivity index (χ1n) is 10.9. The van der Waals surface area contributed by atoms with Crippen LogP contribution in [-0.4, -0.2) is 6.10 Å². The highest BCUT2D eigenvalue weighted by Crippen LogP contribution is 2.37. The Hall–Kier alpha value is -3.00. The number of rotatable bonds is 7. The predicted octanol–water partition coefficient (Wildman–Crippen LogP) is 8.06. The van der Waals surface area contributed by atoms with Crippen LogP contribution in [0.1, 0.15) is 49.8 Å². The van der Waals surface area contributed by atoms with Gasteiger partial charge in [-0.25, -0.2) is 17.6 Å². The van der Waals surface area contributed by atoms with E-state index < -0.39 is 40.7 Å². The normalized spacial score (nSPS) is 18.3.